The smallest absolute Gasteiger partial charge is 0.151 e. The van der Waals surface area contributed by atoms with Gasteiger partial charge in [0.2, 0.25) is 0 Å². The van der Waals surface area contributed by atoms with Gasteiger partial charge in [0.05, 0.1) is 17.2 Å². The van der Waals surface area contributed by atoms with Crippen molar-refractivity contribution in [1.82, 2.24) is 4.98 Å². The number of hydrogen-bond donors (Lipinski definition) is 0. The summed E-state index contributed by atoms with van der Waals surface area (Å²) in [4.78, 5) is 17.3. The van der Waals surface area contributed by atoms with Crippen LogP contribution in [0.25, 0.3) is 0 Å². The topological polar surface area (TPSA) is 33.2 Å². The minimum Gasteiger partial charge on any atom is -0.369 e. The lowest BCUT2D eigenvalue weighted by atomic mass is 10.2. The van der Waals surface area contributed by atoms with Crippen LogP contribution in [0.15, 0.2) is 28.1 Å². The van der Waals surface area contributed by atoms with Gasteiger partial charge in [-0.05, 0) is 41.1 Å². The molecule has 0 radical (unpaired) electrons. The Hall–Kier alpha value is -1.20. The summed E-state index contributed by atoms with van der Waals surface area (Å²) in [6, 6.07) is 5.70. The van der Waals surface area contributed by atoms with Gasteiger partial charge in [-0.2, -0.15) is 0 Å². The Balaban J connectivity index is 2.16. The van der Waals surface area contributed by atoms with E-state index in [2.05, 4.69) is 31.2 Å². The molecule has 5 heteroatoms. The number of aldehydes is 1. The molecule has 2 aromatic rings. The first-order chi connectivity index (χ1) is 8.60. The number of aromatic nitrogens is 1. The molecular weight excluding hydrogens is 312 g/mol. The van der Waals surface area contributed by atoms with Crippen LogP contribution in [0.2, 0.25) is 0 Å². The number of carbonyl (C=O) groups is 1. The van der Waals surface area contributed by atoms with E-state index in [-0.39, 0.29) is 0 Å². The Labute approximate surface area is 119 Å². The van der Waals surface area contributed by atoms with Crippen LogP contribution in [0.4, 0.5) is 5.69 Å². The summed E-state index contributed by atoms with van der Waals surface area (Å²) in [6.45, 7) is 2.76. The quantitative estimate of drug-likeness (QED) is 0.804. The minimum absolute atomic E-state index is 0.664. The Morgan fingerprint density at radius 3 is 2.83 bits per heavy atom. The predicted octanol–water partition coefficient (Wildman–Crippen LogP) is 3.66. The summed E-state index contributed by atoms with van der Waals surface area (Å²) < 4.78 is 0.816. The SMILES string of the molecule is Cc1nc(CN(C)c2ccc(C=O)c(Br)c2)cs1. The van der Waals surface area contributed by atoms with E-state index in [0.717, 1.165) is 33.7 Å². The zero-order valence-corrected chi connectivity index (χ0v) is 12.6. The number of aryl methyl sites for hydroxylation is 1. The molecule has 0 spiro atoms. The van der Waals surface area contributed by atoms with Crippen molar-refractivity contribution >= 4 is 39.2 Å². The number of nitrogens with zero attached hydrogens (tertiary/aromatic N) is 2. The van der Waals surface area contributed by atoms with Gasteiger partial charge in [-0.25, -0.2) is 4.98 Å². The van der Waals surface area contributed by atoms with Crippen molar-refractivity contribution in [1.29, 1.82) is 0 Å². The molecule has 0 saturated carbocycles. The molecule has 0 aliphatic heterocycles. The first kappa shape index (κ1) is 13.2. The maximum absolute atomic E-state index is 10.8. The monoisotopic (exact) mass is 324 g/mol. The van der Waals surface area contributed by atoms with Crippen LogP contribution in [-0.2, 0) is 6.54 Å². The maximum Gasteiger partial charge on any atom is 0.151 e. The summed E-state index contributed by atoms with van der Waals surface area (Å²) in [5.74, 6) is 0. The van der Waals surface area contributed by atoms with Gasteiger partial charge in [-0.15, -0.1) is 11.3 Å². The van der Waals surface area contributed by atoms with Crippen LogP contribution in [0, 0.1) is 6.92 Å². The number of carbonyl (C=O) groups excluding carboxylic acids is 1. The van der Waals surface area contributed by atoms with Crippen molar-refractivity contribution in [2.45, 2.75) is 13.5 Å². The van der Waals surface area contributed by atoms with Crippen LogP contribution < -0.4 is 4.90 Å². The molecule has 3 nitrogen and oxygen atoms in total. The summed E-state index contributed by atoms with van der Waals surface area (Å²) in [5.41, 5.74) is 2.78. The van der Waals surface area contributed by atoms with E-state index in [1.54, 1.807) is 11.3 Å². The van der Waals surface area contributed by atoms with Crippen molar-refractivity contribution in [2.24, 2.45) is 0 Å². The highest BCUT2D eigenvalue weighted by Gasteiger charge is 2.07. The molecule has 0 aliphatic carbocycles. The van der Waals surface area contributed by atoms with Gasteiger partial charge < -0.3 is 4.90 Å². The number of halogens is 1. The fourth-order valence-electron chi connectivity index (χ4n) is 1.66. The Bertz CT molecular complexity index is 568. The molecule has 1 heterocycles. The lowest BCUT2D eigenvalue weighted by molar-refractivity contribution is 0.112. The number of benzene rings is 1. The fourth-order valence-corrected chi connectivity index (χ4v) is 2.73. The molecule has 1 aromatic carbocycles. The molecule has 0 atom stereocenters. The van der Waals surface area contributed by atoms with Gasteiger partial charge in [-0.3, -0.25) is 4.79 Å². The Morgan fingerprint density at radius 1 is 1.50 bits per heavy atom. The highest BCUT2D eigenvalue weighted by atomic mass is 79.9. The highest BCUT2D eigenvalue weighted by molar-refractivity contribution is 9.10. The van der Waals surface area contributed by atoms with E-state index in [1.165, 1.54) is 0 Å². The maximum atomic E-state index is 10.8. The fraction of sp³-hybridized carbons (Fsp3) is 0.231. The van der Waals surface area contributed by atoms with Crippen LogP contribution in [0.5, 0.6) is 0 Å². The largest absolute Gasteiger partial charge is 0.369 e. The van der Waals surface area contributed by atoms with Gasteiger partial charge in [0.25, 0.3) is 0 Å². The molecule has 0 bridgehead atoms. The standard InChI is InChI=1S/C13H13BrN2OS/c1-9-15-11(8-18-9)6-16(2)12-4-3-10(7-17)13(14)5-12/h3-5,7-8H,6H2,1-2H3. The second kappa shape index (κ2) is 5.63. The lowest BCUT2D eigenvalue weighted by Gasteiger charge is -2.18. The van der Waals surface area contributed by atoms with E-state index in [9.17, 15) is 4.79 Å². The second-order valence-corrected chi connectivity index (χ2v) is 5.95. The van der Waals surface area contributed by atoms with Gasteiger partial charge in [-0.1, -0.05) is 0 Å². The molecule has 1 aromatic heterocycles. The van der Waals surface area contributed by atoms with E-state index in [0.29, 0.717) is 5.56 Å². The summed E-state index contributed by atoms with van der Waals surface area (Å²) >= 11 is 5.05. The molecule has 0 aliphatic rings. The average Bonchev–Trinajstić information content (AvgIpc) is 2.74. The zero-order chi connectivity index (χ0) is 13.1. The van der Waals surface area contributed by atoms with Crippen LogP contribution >= 0.6 is 27.3 Å². The molecule has 0 unspecified atom stereocenters. The van der Waals surface area contributed by atoms with E-state index >= 15 is 0 Å². The third kappa shape index (κ3) is 2.97. The first-order valence-electron chi connectivity index (χ1n) is 5.47. The lowest BCUT2D eigenvalue weighted by Crippen LogP contribution is -2.16. The molecule has 0 N–H and O–H groups in total. The minimum atomic E-state index is 0.664. The summed E-state index contributed by atoms with van der Waals surface area (Å²) in [5, 5.41) is 3.15. The van der Waals surface area contributed by atoms with Crippen molar-refractivity contribution in [3.8, 4) is 0 Å². The third-order valence-corrected chi connectivity index (χ3v) is 4.13. The van der Waals surface area contributed by atoms with Crippen molar-refractivity contribution in [2.75, 3.05) is 11.9 Å². The molecular formula is C13H13BrN2OS. The van der Waals surface area contributed by atoms with E-state index in [1.807, 2.05) is 32.2 Å². The van der Waals surface area contributed by atoms with Gasteiger partial charge in [0.1, 0.15) is 0 Å². The van der Waals surface area contributed by atoms with Crippen molar-refractivity contribution < 1.29 is 4.79 Å². The summed E-state index contributed by atoms with van der Waals surface area (Å²) in [7, 11) is 2.01. The van der Waals surface area contributed by atoms with Gasteiger partial charge >= 0.3 is 0 Å². The Kier molecular flexibility index (Phi) is 4.14. The normalized spacial score (nSPS) is 10.4. The van der Waals surface area contributed by atoms with Gasteiger partial charge in [0, 0.05) is 28.2 Å². The molecule has 94 valence electrons. The van der Waals surface area contributed by atoms with Crippen LogP contribution in [0.3, 0.4) is 0 Å². The third-order valence-electron chi connectivity index (χ3n) is 2.62. The average molecular weight is 325 g/mol. The number of thiazole rings is 1. The number of anilines is 1. The molecule has 0 saturated heterocycles. The molecule has 0 amide bonds. The predicted molar refractivity (Wildman–Crippen MR) is 78.5 cm³/mol. The highest BCUT2D eigenvalue weighted by Crippen LogP contribution is 2.23. The Morgan fingerprint density at radius 2 is 2.28 bits per heavy atom. The molecule has 18 heavy (non-hydrogen) atoms. The number of rotatable bonds is 4. The van der Waals surface area contributed by atoms with Crippen LogP contribution in [0.1, 0.15) is 21.1 Å². The number of hydrogen-bond acceptors (Lipinski definition) is 4. The van der Waals surface area contributed by atoms with Gasteiger partial charge in [0.15, 0.2) is 6.29 Å². The molecule has 0 fully saturated rings. The van der Waals surface area contributed by atoms with E-state index in [4.69, 9.17) is 0 Å². The second-order valence-electron chi connectivity index (χ2n) is 4.04. The van der Waals surface area contributed by atoms with Crippen molar-refractivity contribution in [3.63, 3.8) is 0 Å². The van der Waals surface area contributed by atoms with Crippen molar-refractivity contribution in [3.05, 3.63) is 44.3 Å². The zero-order valence-electron chi connectivity index (χ0n) is 10.2. The summed E-state index contributed by atoms with van der Waals surface area (Å²) in [6.07, 6.45) is 0.845. The molecule has 2 rings (SSSR count). The van der Waals surface area contributed by atoms with E-state index < -0.39 is 0 Å². The van der Waals surface area contributed by atoms with Crippen LogP contribution in [-0.4, -0.2) is 18.3 Å². The first-order valence-corrected chi connectivity index (χ1v) is 7.14.